The fourth-order valence-corrected chi connectivity index (χ4v) is 6.31. The van der Waals surface area contributed by atoms with Crippen LogP contribution in [0.4, 0.5) is 5.69 Å². The molecule has 4 aromatic rings. The van der Waals surface area contributed by atoms with Gasteiger partial charge in [0.25, 0.3) is 0 Å². The van der Waals surface area contributed by atoms with Gasteiger partial charge in [-0.25, -0.2) is 0 Å². The van der Waals surface area contributed by atoms with E-state index in [2.05, 4.69) is 61.6 Å². The van der Waals surface area contributed by atoms with E-state index >= 15 is 0 Å². The number of rotatable bonds is 4. The number of nitrogens with one attached hydrogen (secondary N) is 1. The second-order valence-electron chi connectivity index (χ2n) is 11.3. The van der Waals surface area contributed by atoms with Crippen LogP contribution in [0, 0.1) is 5.41 Å². The van der Waals surface area contributed by atoms with Crippen molar-refractivity contribution < 1.29 is 19.0 Å². The highest BCUT2D eigenvalue weighted by molar-refractivity contribution is 6.31. The van der Waals surface area contributed by atoms with Crippen molar-refractivity contribution in [2.45, 2.75) is 39.3 Å². The zero-order valence-corrected chi connectivity index (χ0v) is 22.6. The summed E-state index contributed by atoms with van der Waals surface area (Å²) < 4.78 is 17.1. The van der Waals surface area contributed by atoms with Crippen molar-refractivity contribution in [2.24, 2.45) is 5.41 Å². The number of ketones is 1. The smallest absolute Gasteiger partial charge is 0.231 e. The van der Waals surface area contributed by atoms with Crippen LogP contribution in [0.5, 0.6) is 17.2 Å². The molecule has 4 aromatic carbocycles. The number of Topliss-reactive ketones (excluding diaryl/α,β-unsaturated/α-hetero) is 1. The molecule has 0 amide bonds. The number of hydrogen-bond donors (Lipinski definition) is 1. The molecular formula is C33H28ClNO4. The summed E-state index contributed by atoms with van der Waals surface area (Å²) in [5.74, 6) is 2.23. The van der Waals surface area contributed by atoms with Gasteiger partial charge in [-0.2, -0.15) is 0 Å². The Morgan fingerprint density at radius 2 is 1.79 bits per heavy atom. The van der Waals surface area contributed by atoms with Gasteiger partial charge in [0.2, 0.25) is 6.79 Å². The van der Waals surface area contributed by atoms with Crippen LogP contribution in [-0.2, 0) is 11.4 Å². The molecule has 39 heavy (non-hydrogen) atoms. The quantitative estimate of drug-likeness (QED) is 0.285. The van der Waals surface area contributed by atoms with Crippen LogP contribution < -0.4 is 19.5 Å². The Balaban J connectivity index is 1.26. The predicted octanol–water partition coefficient (Wildman–Crippen LogP) is 8.11. The van der Waals surface area contributed by atoms with E-state index in [9.17, 15) is 4.79 Å². The monoisotopic (exact) mass is 537 g/mol. The number of anilines is 1. The molecule has 0 radical (unpaired) electrons. The van der Waals surface area contributed by atoms with E-state index in [1.54, 1.807) is 6.07 Å². The van der Waals surface area contributed by atoms with E-state index in [1.165, 1.54) is 10.8 Å². The fraction of sp³-hybridized carbons (Fsp3) is 0.242. The number of benzene rings is 4. The third-order valence-corrected chi connectivity index (χ3v) is 8.22. The Morgan fingerprint density at radius 1 is 0.974 bits per heavy atom. The minimum Gasteiger partial charge on any atom is -0.489 e. The van der Waals surface area contributed by atoms with Crippen LogP contribution >= 0.6 is 11.6 Å². The summed E-state index contributed by atoms with van der Waals surface area (Å²) in [7, 11) is 0. The average molecular weight is 538 g/mol. The molecule has 196 valence electrons. The molecule has 1 N–H and O–H groups in total. The number of hydrogen-bond acceptors (Lipinski definition) is 5. The van der Waals surface area contributed by atoms with Gasteiger partial charge in [0, 0.05) is 34.9 Å². The van der Waals surface area contributed by atoms with Crippen molar-refractivity contribution in [3.8, 4) is 17.2 Å². The third kappa shape index (κ3) is 4.22. The molecule has 0 unspecified atom stereocenters. The number of fused-ring (bicyclic) bond motifs is 5. The van der Waals surface area contributed by atoms with Gasteiger partial charge in [0.1, 0.15) is 12.4 Å². The summed E-state index contributed by atoms with van der Waals surface area (Å²) in [6, 6.07) is 24.0. The summed E-state index contributed by atoms with van der Waals surface area (Å²) in [6.07, 6.45) is 1.38. The van der Waals surface area contributed by atoms with Gasteiger partial charge in [-0.15, -0.1) is 0 Å². The second kappa shape index (κ2) is 9.06. The van der Waals surface area contributed by atoms with Gasteiger partial charge >= 0.3 is 0 Å². The van der Waals surface area contributed by atoms with E-state index in [4.69, 9.17) is 25.8 Å². The zero-order chi connectivity index (χ0) is 26.7. The highest BCUT2D eigenvalue weighted by atomic mass is 35.5. The van der Waals surface area contributed by atoms with Gasteiger partial charge in [-0.1, -0.05) is 67.9 Å². The zero-order valence-electron chi connectivity index (χ0n) is 21.8. The molecular weight excluding hydrogens is 510 g/mol. The standard InChI is InChI=1S/C33H28ClNO4/c1-33(2)15-24-30-23-9-4-3-6-19(23)10-11-26(30)35-32(31(24)27(36)16-33)20-7-5-8-22(12-20)37-17-21-13-28-29(14-25(21)34)39-18-38-28/h3-14,32,35H,15-18H2,1-2H3/t32-/m0/s1. The first kappa shape index (κ1) is 24.1. The van der Waals surface area contributed by atoms with Gasteiger partial charge in [0.05, 0.1) is 11.1 Å². The second-order valence-corrected chi connectivity index (χ2v) is 11.7. The molecule has 0 saturated carbocycles. The minimum atomic E-state index is -0.255. The number of halogens is 1. The normalized spacial score (nSPS) is 18.9. The molecule has 7 rings (SSSR count). The predicted molar refractivity (Wildman–Crippen MR) is 154 cm³/mol. The molecule has 2 heterocycles. The van der Waals surface area contributed by atoms with Crippen LogP contribution in [0.25, 0.3) is 16.3 Å². The molecule has 1 atom stereocenters. The Labute approximate surface area is 232 Å². The summed E-state index contributed by atoms with van der Waals surface area (Å²) in [5, 5.41) is 6.64. The Morgan fingerprint density at radius 3 is 2.67 bits per heavy atom. The van der Waals surface area contributed by atoms with E-state index in [0.29, 0.717) is 28.7 Å². The Bertz CT molecular complexity index is 1690. The van der Waals surface area contributed by atoms with Crippen molar-refractivity contribution in [2.75, 3.05) is 12.1 Å². The number of allylic oxidation sites excluding steroid dienone is 1. The summed E-state index contributed by atoms with van der Waals surface area (Å²) in [6.45, 7) is 4.85. The van der Waals surface area contributed by atoms with E-state index in [0.717, 1.165) is 39.9 Å². The summed E-state index contributed by atoms with van der Waals surface area (Å²) in [4.78, 5) is 13.7. The summed E-state index contributed by atoms with van der Waals surface area (Å²) >= 11 is 6.46. The first-order valence-electron chi connectivity index (χ1n) is 13.2. The molecule has 0 bridgehead atoms. The molecule has 0 spiro atoms. The van der Waals surface area contributed by atoms with E-state index < -0.39 is 0 Å². The van der Waals surface area contributed by atoms with E-state index in [1.807, 2.05) is 24.3 Å². The number of ether oxygens (including phenoxy) is 3. The van der Waals surface area contributed by atoms with Gasteiger partial charge in [-0.05, 0) is 58.0 Å². The highest BCUT2D eigenvalue weighted by Crippen LogP contribution is 2.52. The molecule has 6 heteroatoms. The maximum atomic E-state index is 13.7. The maximum absolute atomic E-state index is 13.7. The lowest BCUT2D eigenvalue weighted by atomic mass is 9.68. The van der Waals surface area contributed by atoms with Crippen LogP contribution in [0.2, 0.25) is 5.02 Å². The number of carbonyl (C=O) groups is 1. The summed E-state index contributed by atoms with van der Waals surface area (Å²) in [5.41, 5.74) is 5.95. The van der Waals surface area contributed by atoms with Crippen molar-refractivity contribution in [3.63, 3.8) is 0 Å². The van der Waals surface area contributed by atoms with Gasteiger partial charge in [0.15, 0.2) is 17.3 Å². The van der Waals surface area contributed by atoms with Crippen LogP contribution in [0.1, 0.15) is 49.4 Å². The lowest BCUT2D eigenvalue weighted by Crippen LogP contribution is -2.33. The lowest BCUT2D eigenvalue weighted by molar-refractivity contribution is -0.118. The van der Waals surface area contributed by atoms with Crippen LogP contribution in [-0.4, -0.2) is 12.6 Å². The SMILES string of the molecule is CC1(C)CC(=O)C2=C(C1)c1c(ccc3ccccc13)N[C@H]2c1cccc(OCc2cc3c(cc2Cl)OCO3)c1. The molecule has 2 aliphatic heterocycles. The van der Waals surface area contributed by atoms with Crippen molar-refractivity contribution in [1.82, 2.24) is 0 Å². The average Bonchev–Trinajstić information content (AvgIpc) is 3.37. The third-order valence-electron chi connectivity index (χ3n) is 7.87. The minimum absolute atomic E-state index is 0.0964. The molecule has 3 aliphatic rings. The lowest BCUT2D eigenvalue weighted by Gasteiger charge is -2.40. The van der Waals surface area contributed by atoms with Gasteiger partial charge < -0.3 is 19.5 Å². The largest absolute Gasteiger partial charge is 0.489 e. The maximum Gasteiger partial charge on any atom is 0.231 e. The number of carbonyl (C=O) groups excluding carboxylic acids is 1. The molecule has 0 saturated heterocycles. The van der Waals surface area contributed by atoms with Crippen molar-refractivity contribution >= 4 is 39.4 Å². The highest BCUT2D eigenvalue weighted by Gasteiger charge is 2.40. The van der Waals surface area contributed by atoms with Crippen molar-refractivity contribution in [1.29, 1.82) is 0 Å². The van der Waals surface area contributed by atoms with Crippen molar-refractivity contribution in [3.05, 3.63) is 100 Å². The Hall–Kier alpha value is -3.96. The molecule has 5 nitrogen and oxygen atoms in total. The topological polar surface area (TPSA) is 56.8 Å². The molecule has 0 fully saturated rings. The van der Waals surface area contributed by atoms with Crippen LogP contribution in [0.15, 0.2) is 78.4 Å². The Kier molecular flexibility index (Phi) is 5.60. The van der Waals surface area contributed by atoms with Gasteiger partial charge in [-0.3, -0.25) is 4.79 Å². The first-order chi connectivity index (χ1) is 18.9. The fourth-order valence-electron chi connectivity index (χ4n) is 6.10. The molecule has 1 aliphatic carbocycles. The van der Waals surface area contributed by atoms with Crippen LogP contribution in [0.3, 0.4) is 0 Å². The molecule has 0 aromatic heterocycles. The first-order valence-corrected chi connectivity index (χ1v) is 13.6. The van der Waals surface area contributed by atoms with E-state index in [-0.39, 0.29) is 30.6 Å².